The van der Waals surface area contributed by atoms with Crippen LogP contribution in [0.2, 0.25) is 0 Å². The molecule has 0 amide bonds. The summed E-state index contributed by atoms with van der Waals surface area (Å²) in [6, 6.07) is 12.0. The van der Waals surface area contributed by atoms with Crippen molar-refractivity contribution in [2.45, 2.75) is 26.2 Å². The Bertz CT molecular complexity index is 684. The Balaban J connectivity index is 2.13. The van der Waals surface area contributed by atoms with Crippen LogP contribution in [0.3, 0.4) is 0 Å². The third kappa shape index (κ3) is 5.32. The van der Waals surface area contributed by atoms with Crippen molar-refractivity contribution in [1.29, 1.82) is 0 Å². The van der Waals surface area contributed by atoms with Crippen LogP contribution in [0.1, 0.15) is 40.6 Å². The number of carbonyl (C=O) groups is 1. The highest BCUT2D eigenvalue weighted by atomic mass is 32.1. The molecule has 1 heterocycles. The van der Waals surface area contributed by atoms with Gasteiger partial charge in [-0.2, -0.15) is 0 Å². The van der Waals surface area contributed by atoms with Crippen molar-refractivity contribution in [3.05, 3.63) is 52.4 Å². The number of carbonyl (C=O) groups excluding carboxylic acids is 1. The summed E-state index contributed by atoms with van der Waals surface area (Å²) in [5, 5.41) is 7.53. The molecule has 0 unspecified atom stereocenters. The van der Waals surface area contributed by atoms with Gasteiger partial charge in [0.2, 0.25) is 0 Å². The van der Waals surface area contributed by atoms with Gasteiger partial charge in [0.1, 0.15) is 5.00 Å². The van der Waals surface area contributed by atoms with E-state index in [2.05, 4.69) is 29.7 Å². The molecule has 0 bridgehead atoms. The normalized spacial score (nSPS) is 10.2. The van der Waals surface area contributed by atoms with Crippen LogP contribution in [-0.4, -0.2) is 24.7 Å². The van der Waals surface area contributed by atoms with E-state index in [0.29, 0.717) is 10.7 Å². The van der Waals surface area contributed by atoms with E-state index in [4.69, 9.17) is 17.0 Å². The monoisotopic (exact) mass is 362 g/mol. The maximum absolute atomic E-state index is 12.0. The molecule has 2 N–H and O–H groups in total. The van der Waals surface area contributed by atoms with Gasteiger partial charge in [-0.15, -0.1) is 11.3 Å². The van der Waals surface area contributed by atoms with Crippen LogP contribution in [-0.2, 0) is 11.2 Å². The molecule has 6 heteroatoms. The molecule has 2 rings (SSSR count). The SMILES string of the molecule is CCCCNC(=S)Nc1sc(Cc2ccccc2)cc1C(=O)OC. The van der Waals surface area contributed by atoms with Crippen molar-refractivity contribution in [2.75, 3.05) is 19.0 Å². The third-order valence-electron chi connectivity index (χ3n) is 3.45. The first-order valence-corrected chi connectivity index (χ1v) is 9.16. The zero-order chi connectivity index (χ0) is 17.4. The van der Waals surface area contributed by atoms with Gasteiger partial charge in [0, 0.05) is 17.8 Å². The van der Waals surface area contributed by atoms with Gasteiger partial charge >= 0.3 is 5.97 Å². The number of hydrogen-bond acceptors (Lipinski definition) is 4. The van der Waals surface area contributed by atoms with Crippen molar-refractivity contribution in [3.8, 4) is 0 Å². The van der Waals surface area contributed by atoms with Gasteiger partial charge in [0.15, 0.2) is 5.11 Å². The van der Waals surface area contributed by atoms with Crippen LogP contribution < -0.4 is 10.6 Å². The van der Waals surface area contributed by atoms with E-state index in [1.165, 1.54) is 24.0 Å². The highest BCUT2D eigenvalue weighted by Crippen LogP contribution is 2.30. The lowest BCUT2D eigenvalue weighted by atomic mass is 10.1. The fourth-order valence-corrected chi connectivity index (χ4v) is 3.56. The zero-order valence-electron chi connectivity index (χ0n) is 13.9. The maximum atomic E-state index is 12.0. The Morgan fingerprint density at radius 2 is 2.04 bits per heavy atom. The summed E-state index contributed by atoms with van der Waals surface area (Å²) in [5.74, 6) is -0.357. The van der Waals surface area contributed by atoms with Crippen molar-refractivity contribution in [2.24, 2.45) is 0 Å². The van der Waals surface area contributed by atoms with Gasteiger partial charge in [0.05, 0.1) is 12.7 Å². The Morgan fingerprint density at radius 1 is 1.29 bits per heavy atom. The predicted molar refractivity (Wildman–Crippen MR) is 104 cm³/mol. The van der Waals surface area contributed by atoms with Gasteiger partial charge in [-0.25, -0.2) is 4.79 Å². The average Bonchev–Trinajstić information content (AvgIpc) is 2.97. The summed E-state index contributed by atoms with van der Waals surface area (Å²) in [5.41, 5.74) is 1.72. The van der Waals surface area contributed by atoms with Crippen molar-refractivity contribution in [1.82, 2.24) is 5.32 Å². The molecule has 0 aliphatic carbocycles. The lowest BCUT2D eigenvalue weighted by Crippen LogP contribution is -2.29. The van der Waals surface area contributed by atoms with E-state index in [1.807, 2.05) is 24.3 Å². The van der Waals surface area contributed by atoms with Gasteiger partial charge in [-0.05, 0) is 30.3 Å². The van der Waals surface area contributed by atoms with Crippen LogP contribution in [0, 0.1) is 0 Å². The quantitative estimate of drug-likeness (QED) is 0.439. The van der Waals surface area contributed by atoms with Crippen LogP contribution in [0.25, 0.3) is 0 Å². The molecule has 0 spiro atoms. The maximum Gasteiger partial charge on any atom is 0.340 e. The Morgan fingerprint density at radius 3 is 2.71 bits per heavy atom. The number of nitrogens with one attached hydrogen (secondary N) is 2. The van der Waals surface area contributed by atoms with E-state index >= 15 is 0 Å². The van der Waals surface area contributed by atoms with Crippen molar-refractivity contribution >= 4 is 39.6 Å². The smallest absolute Gasteiger partial charge is 0.340 e. The number of esters is 1. The molecule has 0 aliphatic heterocycles. The van der Waals surface area contributed by atoms with Gasteiger partial charge < -0.3 is 15.4 Å². The molecule has 0 fully saturated rings. The fraction of sp³-hybridized carbons (Fsp3) is 0.333. The number of methoxy groups -OCH3 is 1. The highest BCUT2D eigenvalue weighted by molar-refractivity contribution is 7.80. The van der Waals surface area contributed by atoms with E-state index in [9.17, 15) is 4.79 Å². The largest absolute Gasteiger partial charge is 0.465 e. The molecule has 0 saturated heterocycles. The fourth-order valence-electron chi connectivity index (χ4n) is 2.21. The molecule has 24 heavy (non-hydrogen) atoms. The Kier molecular flexibility index (Phi) is 7.21. The molecule has 4 nitrogen and oxygen atoms in total. The molecule has 128 valence electrons. The zero-order valence-corrected chi connectivity index (χ0v) is 15.6. The van der Waals surface area contributed by atoms with Crippen LogP contribution in [0.15, 0.2) is 36.4 Å². The number of thiocarbonyl (C=S) groups is 1. The molecule has 1 aromatic heterocycles. The van der Waals surface area contributed by atoms with E-state index in [-0.39, 0.29) is 5.97 Å². The van der Waals surface area contributed by atoms with Gasteiger partial charge in [-0.3, -0.25) is 0 Å². The Hall–Kier alpha value is -1.92. The number of unbranched alkanes of at least 4 members (excludes halogenated alkanes) is 1. The molecule has 0 atom stereocenters. The number of rotatable bonds is 7. The number of hydrogen-bond donors (Lipinski definition) is 2. The lowest BCUT2D eigenvalue weighted by Gasteiger charge is -2.09. The van der Waals surface area contributed by atoms with E-state index in [0.717, 1.165) is 35.7 Å². The van der Waals surface area contributed by atoms with Gasteiger partial charge in [-0.1, -0.05) is 43.7 Å². The summed E-state index contributed by atoms with van der Waals surface area (Å²) in [6.45, 7) is 2.95. The second-order valence-electron chi connectivity index (χ2n) is 5.34. The lowest BCUT2D eigenvalue weighted by molar-refractivity contribution is 0.0602. The third-order valence-corrected chi connectivity index (χ3v) is 4.75. The number of thiophene rings is 1. The summed E-state index contributed by atoms with van der Waals surface area (Å²) in [4.78, 5) is 13.1. The average molecular weight is 363 g/mol. The van der Waals surface area contributed by atoms with Crippen LogP contribution in [0.4, 0.5) is 5.00 Å². The van der Waals surface area contributed by atoms with Crippen LogP contribution >= 0.6 is 23.6 Å². The minimum absolute atomic E-state index is 0.357. The minimum Gasteiger partial charge on any atom is -0.465 e. The van der Waals surface area contributed by atoms with Crippen LogP contribution in [0.5, 0.6) is 0 Å². The number of ether oxygens (including phenoxy) is 1. The summed E-state index contributed by atoms with van der Waals surface area (Å²) in [6.07, 6.45) is 2.92. The summed E-state index contributed by atoms with van der Waals surface area (Å²) >= 11 is 6.83. The van der Waals surface area contributed by atoms with Crippen molar-refractivity contribution in [3.63, 3.8) is 0 Å². The molecule has 0 saturated carbocycles. The second kappa shape index (κ2) is 9.39. The summed E-state index contributed by atoms with van der Waals surface area (Å²) in [7, 11) is 1.39. The van der Waals surface area contributed by atoms with Crippen molar-refractivity contribution < 1.29 is 9.53 Å². The molecule has 1 aromatic carbocycles. The molecular weight excluding hydrogens is 340 g/mol. The predicted octanol–water partition coefficient (Wildman–Crippen LogP) is 4.21. The molecular formula is C18H22N2O2S2. The second-order valence-corrected chi connectivity index (χ2v) is 6.89. The van der Waals surface area contributed by atoms with Gasteiger partial charge in [0.25, 0.3) is 0 Å². The number of anilines is 1. The number of benzene rings is 1. The molecule has 0 radical (unpaired) electrons. The van der Waals surface area contributed by atoms with E-state index in [1.54, 1.807) is 0 Å². The highest BCUT2D eigenvalue weighted by Gasteiger charge is 2.17. The first kappa shape index (κ1) is 18.4. The summed E-state index contributed by atoms with van der Waals surface area (Å²) < 4.78 is 4.88. The Labute approximate surface area is 152 Å². The first-order chi connectivity index (χ1) is 11.6. The topological polar surface area (TPSA) is 50.4 Å². The minimum atomic E-state index is -0.357. The standard InChI is InChI=1S/C18H22N2O2S2/c1-3-4-10-19-18(23)20-16-15(17(21)22-2)12-14(24-16)11-13-8-6-5-7-9-13/h5-9,12H,3-4,10-11H2,1-2H3,(H2,19,20,23). The molecule has 0 aliphatic rings. The molecule has 2 aromatic rings. The first-order valence-electron chi connectivity index (χ1n) is 7.93. The van der Waals surface area contributed by atoms with E-state index < -0.39 is 0 Å².